The number of aliphatic imine (C=N–C) groups is 1. The molecule has 2 aromatic heterocycles. The second kappa shape index (κ2) is 12.8. The van der Waals surface area contributed by atoms with Crippen LogP contribution in [0.1, 0.15) is 21.7 Å². The standard InChI is InChI=1S/C30H25ClN4O6S/c1-17-12-28(35-41-17)34-30(42-16-18-4-6-19(7-5-18)29(36)37)33-23-9-8-20(13-22(23)31)40-25-10-11-32-24-15-27(39-3)26(38-2)14-21(24)25/h4-15H,16H2,1-3H3,(H,36,37)(H,33,34,35). The molecule has 42 heavy (non-hydrogen) atoms. The molecule has 0 spiro atoms. The van der Waals surface area contributed by atoms with E-state index in [0.29, 0.717) is 61.7 Å². The number of aromatic nitrogens is 2. The number of fused-ring (bicyclic) bond motifs is 1. The van der Waals surface area contributed by atoms with Crippen LogP contribution in [0, 0.1) is 6.92 Å². The molecule has 214 valence electrons. The molecular formula is C30H25ClN4O6S. The van der Waals surface area contributed by atoms with Gasteiger partial charge in [0.15, 0.2) is 22.5 Å². The lowest BCUT2D eigenvalue weighted by Gasteiger charge is -2.14. The summed E-state index contributed by atoms with van der Waals surface area (Å²) in [5.41, 5.74) is 2.43. The maximum absolute atomic E-state index is 11.2. The Morgan fingerprint density at radius 2 is 1.79 bits per heavy atom. The Kier molecular flexibility index (Phi) is 8.80. The molecule has 3 aromatic carbocycles. The van der Waals surface area contributed by atoms with Crippen LogP contribution in [0.25, 0.3) is 10.9 Å². The third kappa shape index (κ3) is 6.76. The number of carboxylic acid groups (broad SMARTS) is 1. The van der Waals surface area contributed by atoms with Gasteiger partial charge in [-0.3, -0.25) is 4.98 Å². The number of benzene rings is 3. The molecule has 0 atom stereocenters. The minimum Gasteiger partial charge on any atom is -0.493 e. The first-order valence-electron chi connectivity index (χ1n) is 12.5. The lowest BCUT2D eigenvalue weighted by atomic mass is 10.1. The van der Waals surface area contributed by atoms with Gasteiger partial charge in [-0.1, -0.05) is 40.7 Å². The molecule has 2 heterocycles. The molecule has 0 saturated carbocycles. The van der Waals surface area contributed by atoms with Crippen molar-refractivity contribution in [1.82, 2.24) is 10.1 Å². The van der Waals surface area contributed by atoms with Gasteiger partial charge in [-0.2, -0.15) is 0 Å². The zero-order valence-corrected chi connectivity index (χ0v) is 24.3. The average molecular weight is 605 g/mol. The van der Waals surface area contributed by atoms with Crippen molar-refractivity contribution < 1.29 is 28.6 Å². The number of methoxy groups -OCH3 is 2. The first-order chi connectivity index (χ1) is 20.3. The maximum atomic E-state index is 11.2. The van der Waals surface area contributed by atoms with Crippen LogP contribution in [0.3, 0.4) is 0 Å². The molecule has 5 aromatic rings. The number of hydrogen-bond donors (Lipinski definition) is 2. The summed E-state index contributed by atoms with van der Waals surface area (Å²) in [6.45, 7) is 1.78. The van der Waals surface area contributed by atoms with Gasteiger partial charge in [0.1, 0.15) is 17.3 Å². The number of nitrogens with one attached hydrogen (secondary N) is 1. The van der Waals surface area contributed by atoms with E-state index >= 15 is 0 Å². The Bertz CT molecular complexity index is 1770. The van der Waals surface area contributed by atoms with Crippen LogP contribution >= 0.6 is 23.4 Å². The van der Waals surface area contributed by atoms with Crippen LogP contribution in [-0.4, -0.2) is 40.6 Å². The van der Waals surface area contributed by atoms with E-state index in [1.807, 2.05) is 6.07 Å². The van der Waals surface area contributed by atoms with Crippen LogP contribution < -0.4 is 19.5 Å². The highest BCUT2D eigenvalue weighted by Crippen LogP contribution is 2.38. The minimum absolute atomic E-state index is 0.224. The normalized spacial score (nSPS) is 11.4. The van der Waals surface area contributed by atoms with E-state index in [1.165, 1.54) is 11.8 Å². The molecule has 0 bridgehead atoms. The molecule has 2 N–H and O–H groups in total. The number of halogens is 1. The minimum atomic E-state index is -0.973. The monoisotopic (exact) mass is 604 g/mol. The van der Waals surface area contributed by atoms with Crippen molar-refractivity contribution in [3.8, 4) is 23.0 Å². The van der Waals surface area contributed by atoms with Crippen LogP contribution in [0.15, 0.2) is 82.4 Å². The van der Waals surface area contributed by atoms with Crippen molar-refractivity contribution in [2.75, 3.05) is 19.5 Å². The van der Waals surface area contributed by atoms with Gasteiger partial charge >= 0.3 is 5.97 Å². The van der Waals surface area contributed by atoms with E-state index in [9.17, 15) is 4.79 Å². The molecule has 0 aliphatic carbocycles. The van der Waals surface area contributed by atoms with Crippen molar-refractivity contribution in [3.63, 3.8) is 0 Å². The molecular weight excluding hydrogens is 580 g/mol. The topological polar surface area (TPSA) is 128 Å². The van der Waals surface area contributed by atoms with Crippen LogP contribution in [0.2, 0.25) is 5.02 Å². The first kappa shape index (κ1) is 28.8. The van der Waals surface area contributed by atoms with Gasteiger partial charge in [0.2, 0.25) is 0 Å². The Balaban J connectivity index is 1.36. The van der Waals surface area contributed by atoms with Crippen molar-refractivity contribution in [2.45, 2.75) is 12.7 Å². The largest absolute Gasteiger partial charge is 0.493 e. The molecule has 10 nitrogen and oxygen atoms in total. The number of nitrogens with zero attached hydrogens (tertiary/aromatic N) is 3. The van der Waals surface area contributed by atoms with Gasteiger partial charge < -0.3 is 29.2 Å². The lowest BCUT2D eigenvalue weighted by Crippen LogP contribution is -2.08. The van der Waals surface area contributed by atoms with Gasteiger partial charge in [-0.05, 0) is 48.9 Å². The third-order valence-corrected chi connectivity index (χ3v) is 7.28. The van der Waals surface area contributed by atoms with Gasteiger partial charge in [-0.15, -0.1) is 0 Å². The fourth-order valence-electron chi connectivity index (χ4n) is 3.94. The number of hydrogen-bond acceptors (Lipinski definition) is 9. The van der Waals surface area contributed by atoms with E-state index in [2.05, 4.69) is 20.4 Å². The molecule has 0 fully saturated rings. The van der Waals surface area contributed by atoms with Crippen LogP contribution in [0.4, 0.5) is 11.5 Å². The number of thioether (sulfide) groups is 1. The summed E-state index contributed by atoms with van der Waals surface area (Å²) in [6.07, 6.45) is 1.65. The van der Waals surface area contributed by atoms with Gasteiger partial charge in [0.05, 0.1) is 36.0 Å². The van der Waals surface area contributed by atoms with E-state index < -0.39 is 5.97 Å². The molecule has 0 unspecified atom stereocenters. The number of carbonyl (C=O) groups is 1. The van der Waals surface area contributed by atoms with E-state index in [0.717, 1.165) is 10.9 Å². The predicted octanol–water partition coefficient (Wildman–Crippen LogP) is 7.73. The number of ether oxygens (including phenoxy) is 3. The van der Waals surface area contributed by atoms with E-state index in [-0.39, 0.29) is 5.56 Å². The second-order valence-corrected chi connectivity index (χ2v) is 10.3. The van der Waals surface area contributed by atoms with Crippen molar-refractivity contribution in [1.29, 1.82) is 0 Å². The van der Waals surface area contributed by atoms with E-state index in [1.54, 1.807) is 88.0 Å². The van der Waals surface area contributed by atoms with Crippen LogP contribution in [-0.2, 0) is 5.75 Å². The first-order valence-corrected chi connectivity index (χ1v) is 13.9. The van der Waals surface area contributed by atoms with Crippen molar-refractivity contribution >= 4 is 56.9 Å². The highest BCUT2D eigenvalue weighted by atomic mass is 35.5. The second-order valence-electron chi connectivity index (χ2n) is 8.91. The molecule has 0 aliphatic rings. The number of anilines is 1. The summed E-state index contributed by atoms with van der Waals surface area (Å²) >= 11 is 8.07. The molecule has 5 rings (SSSR count). The zero-order valence-electron chi connectivity index (χ0n) is 22.8. The molecule has 12 heteroatoms. The summed E-state index contributed by atoms with van der Waals surface area (Å²) in [5.74, 6) is 2.80. The summed E-state index contributed by atoms with van der Waals surface area (Å²) in [7, 11) is 3.14. The quantitative estimate of drug-likeness (QED) is 0.127. The average Bonchev–Trinajstić information content (AvgIpc) is 3.41. The Labute approximate surface area is 250 Å². The van der Waals surface area contributed by atoms with Gasteiger partial charge in [-0.25, -0.2) is 9.79 Å². The summed E-state index contributed by atoms with van der Waals surface area (Å²) in [4.78, 5) is 20.2. The molecule has 0 amide bonds. The fraction of sp³-hybridized carbons (Fsp3) is 0.133. The number of amidine groups is 1. The highest BCUT2D eigenvalue weighted by molar-refractivity contribution is 8.13. The Morgan fingerprint density at radius 1 is 1.02 bits per heavy atom. The highest BCUT2D eigenvalue weighted by Gasteiger charge is 2.14. The molecule has 0 aliphatic heterocycles. The Morgan fingerprint density at radius 3 is 2.45 bits per heavy atom. The van der Waals surface area contributed by atoms with Gasteiger partial charge in [0, 0.05) is 35.5 Å². The maximum Gasteiger partial charge on any atom is 0.335 e. The fourth-order valence-corrected chi connectivity index (χ4v) is 4.99. The SMILES string of the molecule is COc1cc2nccc(Oc3ccc(NC(=Nc4cc(C)on4)SCc4ccc(C(=O)O)cc4)c(Cl)c3)c2cc1OC. The van der Waals surface area contributed by atoms with Crippen LogP contribution in [0.5, 0.6) is 23.0 Å². The molecule has 0 radical (unpaired) electrons. The van der Waals surface area contributed by atoms with Gasteiger partial charge in [0.25, 0.3) is 0 Å². The molecule has 0 saturated heterocycles. The predicted molar refractivity (Wildman–Crippen MR) is 163 cm³/mol. The smallest absolute Gasteiger partial charge is 0.335 e. The summed E-state index contributed by atoms with van der Waals surface area (Å²) < 4.78 is 22.2. The van der Waals surface area contributed by atoms with Crippen molar-refractivity contribution in [3.05, 3.63) is 94.8 Å². The van der Waals surface area contributed by atoms with Crippen molar-refractivity contribution in [2.24, 2.45) is 4.99 Å². The Hall–Kier alpha value is -4.74. The lowest BCUT2D eigenvalue weighted by molar-refractivity contribution is 0.0697. The zero-order chi connectivity index (χ0) is 29.6. The summed E-state index contributed by atoms with van der Waals surface area (Å²) in [5, 5.41) is 18.0. The number of aryl methyl sites for hydroxylation is 1. The number of aromatic carboxylic acids is 1. The number of rotatable bonds is 9. The number of carboxylic acids is 1. The third-order valence-electron chi connectivity index (χ3n) is 6.02. The van der Waals surface area contributed by atoms with E-state index in [4.69, 9.17) is 35.4 Å². The summed E-state index contributed by atoms with van der Waals surface area (Å²) in [6, 6.07) is 19.0. The number of pyridine rings is 1.